The smallest absolute Gasteiger partial charge is 0.303 e. The van der Waals surface area contributed by atoms with Gasteiger partial charge >= 0.3 is 5.97 Å². The standard InChI is InChI=1S/C17H18F2N2O2S/c1-20-9-13(3-5-16(22)23)21(17(20)24)12-2-4-14-10(7-12)6-11(18)8-15(14)19/h6,8-9,12H,2-5,7H2,1H3,(H,22,23). The zero-order valence-electron chi connectivity index (χ0n) is 13.3. The Morgan fingerprint density at radius 2 is 2.17 bits per heavy atom. The van der Waals surface area contributed by atoms with E-state index in [2.05, 4.69) is 0 Å². The predicted octanol–water partition coefficient (Wildman–Crippen LogP) is 3.58. The van der Waals surface area contributed by atoms with Crippen LogP contribution in [0.4, 0.5) is 8.78 Å². The normalized spacial score (nSPS) is 16.9. The van der Waals surface area contributed by atoms with E-state index in [0.717, 1.165) is 11.8 Å². The summed E-state index contributed by atoms with van der Waals surface area (Å²) in [5.74, 6) is -1.93. The summed E-state index contributed by atoms with van der Waals surface area (Å²) in [6.45, 7) is 0. The third-order valence-corrected chi connectivity index (χ3v) is 5.04. The molecular formula is C17H18F2N2O2S. The highest BCUT2D eigenvalue weighted by Crippen LogP contribution is 2.32. The Hall–Kier alpha value is -2.02. The molecule has 1 heterocycles. The monoisotopic (exact) mass is 352 g/mol. The van der Waals surface area contributed by atoms with Gasteiger partial charge in [0.2, 0.25) is 0 Å². The largest absolute Gasteiger partial charge is 0.481 e. The fourth-order valence-corrected chi connectivity index (χ4v) is 3.77. The van der Waals surface area contributed by atoms with Crippen LogP contribution in [0.3, 0.4) is 0 Å². The van der Waals surface area contributed by atoms with Crippen LogP contribution in [-0.2, 0) is 31.1 Å². The summed E-state index contributed by atoms with van der Waals surface area (Å²) in [7, 11) is 1.82. The number of imidazole rings is 1. The van der Waals surface area contributed by atoms with Crippen LogP contribution in [0.15, 0.2) is 18.3 Å². The molecule has 2 aromatic rings. The maximum atomic E-state index is 13.9. The highest BCUT2D eigenvalue weighted by atomic mass is 32.1. The predicted molar refractivity (Wildman–Crippen MR) is 87.6 cm³/mol. The van der Waals surface area contributed by atoms with Gasteiger partial charge < -0.3 is 14.2 Å². The van der Waals surface area contributed by atoms with Gasteiger partial charge in [-0.2, -0.15) is 0 Å². The van der Waals surface area contributed by atoms with Crippen molar-refractivity contribution in [3.05, 3.63) is 51.6 Å². The molecule has 0 spiro atoms. The Labute approximate surface area is 143 Å². The number of carboxylic acid groups (broad SMARTS) is 1. The average molecular weight is 352 g/mol. The molecule has 1 unspecified atom stereocenters. The van der Waals surface area contributed by atoms with E-state index in [1.54, 1.807) is 4.57 Å². The lowest BCUT2D eigenvalue weighted by Gasteiger charge is -2.27. The summed E-state index contributed by atoms with van der Waals surface area (Å²) in [6, 6.07) is 2.29. The summed E-state index contributed by atoms with van der Waals surface area (Å²) in [5, 5.41) is 8.92. The van der Waals surface area contributed by atoms with Crippen LogP contribution in [0.2, 0.25) is 0 Å². The average Bonchev–Trinajstić information content (AvgIpc) is 2.79. The number of benzene rings is 1. The first kappa shape index (κ1) is 16.8. The van der Waals surface area contributed by atoms with Gasteiger partial charge in [-0.25, -0.2) is 8.78 Å². The first-order valence-corrected chi connectivity index (χ1v) is 8.23. The van der Waals surface area contributed by atoms with Crippen molar-refractivity contribution >= 4 is 18.2 Å². The molecule has 0 saturated carbocycles. The van der Waals surface area contributed by atoms with Crippen molar-refractivity contribution in [3.63, 3.8) is 0 Å². The Balaban J connectivity index is 1.95. The molecule has 0 amide bonds. The van der Waals surface area contributed by atoms with E-state index < -0.39 is 17.6 Å². The second kappa shape index (κ2) is 6.47. The highest BCUT2D eigenvalue weighted by molar-refractivity contribution is 7.71. The fourth-order valence-electron chi connectivity index (χ4n) is 3.45. The van der Waals surface area contributed by atoms with Gasteiger partial charge in [0.25, 0.3) is 0 Å². The molecule has 128 valence electrons. The van der Waals surface area contributed by atoms with Crippen molar-refractivity contribution in [2.45, 2.75) is 38.1 Å². The lowest BCUT2D eigenvalue weighted by Crippen LogP contribution is -2.22. The number of aliphatic carboxylic acids is 1. The minimum Gasteiger partial charge on any atom is -0.481 e. The zero-order valence-corrected chi connectivity index (χ0v) is 14.1. The molecule has 1 N–H and O–H groups in total. The minimum atomic E-state index is -0.866. The van der Waals surface area contributed by atoms with E-state index in [-0.39, 0.29) is 12.5 Å². The molecule has 1 aliphatic carbocycles. The maximum absolute atomic E-state index is 13.9. The number of fused-ring (bicyclic) bond motifs is 1. The van der Waals surface area contributed by atoms with Crippen molar-refractivity contribution in [2.24, 2.45) is 7.05 Å². The molecule has 1 atom stereocenters. The zero-order chi connectivity index (χ0) is 17.4. The van der Waals surface area contributed by atoms with Crippen molar-refractivity contribution < 1.29 is 18.7 Å². The van der Waals surface area contributed by atoms with Crippen molar-refractivity contribution in [2.75, 3.05) is 0 Å². The Morgan fingerprint density at radius 1 is 1.42 bits per heavy atom. The van der Waals surface area contributed by atoms with Crippen LogP contribution >= 0.6 is 12.2 Å². The first-order valence-electron chi connectivity index (χ1n) is 7.82. The minimum absolute atomic E-state index is 0.0174. The topological polar surface area (TPSA) is 47.2 Å². The van der Waals surface area contributed by atoms with E-state index in [1.807, 2.05) is 17.8 Å². The molecule has 1 aliphatic rings. The van der Waals surface area contributed by atoms with Gasteiger partial charge in [0.1, 0.15) is 11.6 Å². The first-order chi connectivity index (χ1) is 11.4. The van der Waals surface area contributed by atoms with Crippen LogP contribution < -0.4 is 0 Å². The van der Waals surface area contributed by atoms with E-state index >= 15 is 0 Å². The summed E-state index contributed by atoms with van der Waals surface area (Å²) in [6.07, 6.45) is 3.93. The van der Waals surface area contributed by atoms with Gasteiger partial charge in [0, 0.05) is 31.0 Å². The van der Waals surface area contributed by atoms with Crippen LogP contribution in [0.5, 0.6) is 0 Å². The number of halogens is 2. The second-order valence-electron chi connectivity index (χ2n) is 6.20. The Bertz CT molecular complexity index is 857. The van der Waals surface area contributed by atoms with Crippen LogP contribution in [0, 0.1) is 16.4 Å². The summed E-state index contributed by atoms with van der Waals surface area (Å²) >= 11 is 5.46. The number of hydrogen-bond acceptors (Lipinski definition) is 2. The highest BCUT2D eigenvalue weighted by Gasteiger charge is 2.25. The summed E-state index contributed by atoms with van der Waals surface area (Å²) < 4.78 is 31.7. The molecule has 0 saturated heterocycles. The maximum Gasteiger partial charge on any atom is 0.303 e. The molecule has 1 aromatic carbocycles. The molecule has 7 heteroatoms. The molecule has 0 radical (unpaired) electrons. The molecule has 24 heavy (non-hydrogen) atoms. The van der Waals surface area contributed by atoms with E-state index in [0.29, 0.717) is 41.6 Å². The number of nitrogens with zero attached hydrogens (tertiary/aromatic N) is 2. The number of hydrogen-bond donors (Lipinski definition) is 1. The molecule has 3 rings (SSSR count). The van der Waals surface area contributed by atoms with Gasteiger partial charge in [-0.05, 0) is 55.1 Å². The Morgan fingerprint density at radius 3 is 2.88 bits per heavy atom. The van der Waals surface area contributed by atoms with Crippen molar-refractivity contribution in [1.82, 2.24) is 9.13 Å². The SMILES string of the molecule is Cn1cc(CCC(=O)O)n(C2CCc3c(F)cc(F)cc3C2)c1=S. The third kappa shape index (κ3) is 3.13. The Kier molecular flexibility index (Phi) is 4.54. The van der Waals surface area contributed by atoms with E-state index in [9.17, 15) is 13.6 Å². The van der Waals surface area contributed by atoms with Gasteiger partial charge in [0.05, 0.1) is 6.42 Å². The molecular weight excluding hydrogens is 334 g/mol. The molecule has 0 fully saturated rings. The summed E-state index contributed by atoms with van der Waals surface area (Å²) in [4.78, 5) is 10.9. The van der Waals surface area contributed by atoms with Gasteiger partial charge in [-0.3, -0.25) is 4.79 Å². The molecule has 1 aromatic heterocycles. The number of aryl methyl sites for hydroxylation is 2. The number of aromatic nitrogens is 2. The second-order valence-corrected chi connectivity index (χ2v) is 6.56. The molecule has 4 nitrogen and oxygen atoms in total. The number of rotatable bonds is 4. The van der Waals surface area contributed by atoms with E-state index in [4.69, 9.17) is 17.3 Å². The summed E-state index contributed by atoms with van der Waals surface area (Å²) in [5.41, 5.74) is 2.08. The third-order valence-electron chi connectivity index (χ3n) is 4.56. The van der Waals surface area contributed by atoms with Crippen molar-refractivity contribution in [1.29, 1.82) is 0 Å². The van der Waals surface area contributed by atoms with Gasteiger partial charge in [-0.15, -0.1) is 0 Å². The lowest BCUT2D eigenvalue weighted by molar-refractivity contribution is -0.137. The number of carboxylic acids is 1. The fraction of sp³-hybridized carbons (Fsp3) is 0.412. The number of carbonyl (C=O) groups is 1. The lowest BCUT2D eigenvalue weighted by atomic mass is 9.87. The van der Waals surface area contributed by atoms with Crippen LogP contribution in [-0.4, -0.2) is 20.2 Å². The van der Waals surface area contributed by atoms with Gasteiger partial charge in [-0.1, -0.05) is 0 Å². The molecule has 0 bridgehead atoms. The van der Waals surface area contributed by atoms with Crippen LogP contribution in [0.25, 0.3) is 0 Å². The molecule has 0 aliphatic heterocycles. The van der Waals surface area contributed by atoms with Gasteiger partial charge in [0.15, 0.2) is 4.77 Å². The quantitative estimate of drug-likeness (QED) is 0.856. The van der Waals surface area contributed by atoms with E-state index in [1.165, 1.54) is 6.07 Å². The van der Waals surface area contributed by atoms with Crippen LogP contribution in [0.1, 0.15) is 35.7 Å². The van der Waals surface area contributed by atoms with Crippen molar-refractivity contribution in [3.8, 4) is 0 Å².